The fourth-order valence-corrected chi connectivity index (χ4v) is 1.75. The number of aromatic carboxylic acids is 1. The van der Waals surface area contributed by atoms with Crippen molar-refractivity contribution < 1.29 is 19.2 Å². The van der Waals surface area contributed by atoms with Crippen LogP contribution in [0.25, 0.3) is 0 Å². The maximum atomic E-state index is 11.8. The molecule has 0 bridgehead atoms. The highest BCUT2D eigenvalue weighted by Gasteiger charge is 2.17. The molecule has 0 aliphatic heterocycles. The normalized spacial score (nSPS) is 10.1. The molecular formula is C11H7IN2O4. The van der Waals surface area contributed by atoms with Crippen molar-refractivity contribution in [2.45, 2.75) is 0 Å². The number of benzene rings is 1. The van der Waals surface area contributed by atoms with Crippen LogP contribution in [0.5, 0.6) is 0 Å². The van der Waals surface area contributed by atoms with Crippen LogP contribution in [0, 0.1) is 3.57 Å². The number of hydrogen-bond donors (Lipinski definition) is 2. The minimum absolute atomic E-state index is 0.0768. The fraction of sp³-hybridized carbons (Fsp3) is 0. The molecule has 1 heterocycles. The molecule has 0 fully saturated rings. The van der Waals surface area contributed by atoms with Gasteiger partial charge in [-0.2, -0.15) is 0 Å². The van der Waals surface area contributed by atoms with Gasteiger partial charge in [0.1, 0.15) is 0 Å². The molecule has 6 nitrogen and oxygen atoms in total. The van der Waals surface area contributed by atoms with Crippen molar-refractivity contribution in [2.75, 3.05) is 5.32 Å². The summed E-state index contributed by atoms with van der Waals surface area (Å²) in [6.07, 6.45) is 0. The minimum Gasteiger partial charge on any atom is -0.475 e. The molecule has 0 aliphatic carbocycles. The van der Waals surface area contributed by atoms with Crippen LogP contribution in [0.15, 0.2) is 34.9 Å². The SMILES string of the molecule is O=C(Nc1ccccc1I)c1cc(C(=O)O)on1. The number of nitrogens with one attached hydrogen (secondary N) is 1. The van der Waals surface area contributed by atoms with Crippen LogP contribution in [0.1, 0.15) is 21.0 Å². The van der Waals surface area contributed by atoms with Crippen molar-refractivity contribution in [3.63, 3.8) is 0 Å². The number of carbonyl (C=O) groups is 2. The average molecular weight is 358 g/mol. The molecule has 0 aliphatic rings. The molecule has 2 rings (SSSR count). The van der Waals surface area contributed by atoms with Gasteiger partial charge in [0.2, 0.25) is 5.76 Å². The van der Waals surface area contributed by atoms with E-state index in [4.69, 9.17) is 5.11 Å². The van der Waals surface area contributed by atoms with Crippen molar-refractivity contribution in [1.82, 2.24) is 5.16 Å². The number of hydrogen-bond acceptors (Lipinski definition) is 4. The third-order valence-electron chi connectivity index (χ3n) is 2.08. The molecule has 0 atom stereocenters. The van der Waals surface area contributed by atoms with Crippen molar-refractivity contribution in [1.29, 1.82) is 0 Å². The van der Waals surface area contributed by atoms with E-state index in [0.717, 1.165) is 9.64 Å². The van der Waals surface area contributed by atoms with Gasteiger partial charge in [0, 0.05) is 9.64 Å². The third-order valence-corrected chi connectivity index (χ3v) is 3.02. The first kappa shape index (κ1) is 12.6. The molecule has 7 heteroatoms. The van der Waals surface area contributed by atoms with Gasteiger partial charge >= 0.3 is 5.97 Å². The van der Waals surface area contributed by atoms with Crippen LogP contribution in [-0.4, -0.2) is 22.1 Å². The number of anilines is 1. The van der Waals surface area contributed by atoms with E-state index >= 15 is 0 Å². The number of carboxylic acids is 1. The summed E-state index contributed by atoms with van der Waals surface area (Å²) in [5.41, 5.74) is 0.551. The van der Waals surface area contributed by atoms with Gasteiger partial charge in [0.15, 0.2) is 5.69 Å². The summed E-state index contributed by atoms with van der Waals surface area (Å²) in [5, 5.41) is 14.7. The summed E-state index contributed by atoms with van der Waals surface area (Å²) in [5.74, 6) is -2.16. The second-order valence-electron chi connectivity index (χ2n) is 3.32. The maximum Gasteiger partial charge on any atom is 0.374 e. The van der Waals surface area contributed by atoms with Crippen LogP contribution >= 0.6 is 22.6 Å². The van der Waals surface area contributed by atoms with Crippen molar-refractivity contribution >= 4 is 40.2 Å². The zero-order chi connectivity index (χ0) is 13.1. The Labute approximate surface area is 115 Å². The molecule has 0 saturated carbocycles. The maximum absolute atomic E-state index is 11.8. The number of halogens is 1. The Morgan fingerprint density at radius 3 is 2.67 bits per heavy atom. The van der Waals surface area contributed by atoms with Crippen LogP contribution in [0.2, 0.25) is 0 Å². The molecule has 1 amide bonds. The van der Waals surface area contributed by atoms with Crippen molar-refractivity contribution in [3.8, 4) is 0 Å². The van der Waals surface area contributed by atoms with Crippen molar-refractivity contribution in [3.05, 3.63) is 45.4 Å². The van der Waals surface area contributed by atoms with Gasteiger partial charge in [-0.3, -0.25) is 4.79 Å². The Bertz CT molecular complexity index is 609. The molecule has 1 aromatic carbocycles. The predicted molar refractivity (Wildman–Crippen MR) is 70.6 cm³/mol. The van der Waals surface area contributed by atoms with E-state index < -0.39 is 11.9 Å². The van der Waals surface area contributed by atoms with Gasteiger partial charge in [-0.05, 0) is 34.7 Å². The first-order chi connectivity index (χ1) is 8.58. The molecule has 92 valence electrons. The third kappa shape index (κ3) is 2.67. The van der Waals surface area contributed by atoms with Gasteiger partial charge in [-0.1, -0.05) is 17.3 Å². The van der Waals surface area contributed by atoms with E-state index in [1.807, 2.05) is 12.1 Å². The molecular weight excluding hydrogens is 351 g/mol. The Balaban J connectivity index is 2.17. The number of carbonyl (C=O) groups excluding carboxylic acids is 1. The second kappa shape index (κ2) is 5.17. The molecule has 1 aromatic heterocycles. The number of amides is 1. The zero-order valence-corrected chi connectivity index (χ0v) is 11.0. The predicted octanol–water partition coefficient (Wildman–Crippen LogP) is 2.23. The fourth-order valence-electron chi connectivity index (χ4n) is 1.23. The largest absolute Gasteiger partial charge is 0.475 e. The van der Waals surface area contributed by atoms with Crippen molar-refractivity contribution in [2.24, 2.45) is 0 Å². The molecule has 2 N–H and O–H groups in total. The summed E-state index contributed by atoms with van der Waals surface area (Å²) >= 11 is 2.08. The summed E-state index contributed by atoms with van der Waals surface area (Å²) in [4.78, 5) is 22.4. The Kier molecular flexibility index (Phi) is 3.60. The Hall–Kier alpha value is -1.90. The molecule has 0 radical (unpaired) electrons. The zero-order valence-electron chi connectivity index (χ0n) is 8.88. The topological polar surface area (TPSA) is 92.4 Å². The highest BCUT2D eigenvalue weighted by Crippen LogP contribution is 2.17. The van der Waals surface area contributed by atoms with Gasteiger partial charge in [0.25, 0.3) is 5.91 Å². The smallest absolute Gasteiger partial charge is 0.374 e. The lowest BCUT2D eigenvalue weighted by Gasteiger charge is -2.04. The quantitative estimate of drug-likeness (QED) is 0.821. The number of nitrogens with zero attached hydrogens (tertiary/aromatic N) is 1. The standard InChI is InChI=1S/C11H7IN2O4/c12-6-3-1-2-4-7(6)13-10(15)8-5-9(11(16)17)18-14-8/h1-5H,(H,13,15)(H,16,17). The highest BCUT2D eigenvalue weighted by molar-refractivity contribution is 14.1. The number of carboxylic acid groups (broad SMARTS) is 1. The average Bonchev–Trinajstić information content (AvgIpc) is 2.81. The van der Waals surface area contributed by atoms with Gasteiger partial charge in [0.05, 0.1) is 5.69 Å². The van der Waals surface area contributed by atoms with Crippen LogP contribution in [0.4, 0.5) is 5.69 Å². The van der Waals surface area contributed by atoms with Gasteiger partial charge in [-0.15, -0.1) is 0 Å². The first-order valence-electron chi connectivity index (χ1n) is 4.84. The lowest BCUT2D eigenvalue weighted by molar-refractivity contribution is 0.0651. The van der Waals surface area contributed by atoms with E-state index in [1.54, 1.807) is 12.1 Å². The van der Waals surface area contributed by atoms with E-state index in [9.17, 15) is 9.59 Å². The first-order valence-corrected chi connectivity index (χ1v) is 5.91. The molecule has 0 spiro atoms. The van der Waals surface area contributed by atoms with Gasteiger partial charge < -0.3 is 14.9 Å². The van der Waals surface area contributed by atoms with E-state index in [2.05, 4.69) is 37.6 Å². The summed E-state index contributed by atoms with van der Waals surface area (Å²) < 4.78 is 5.37. The molecule has 0 unspecified atom stereocenters. The minimum atomic E-state index is -1.27. The Morgan fingerprint density at radius 2 is 2.06 bits per heavy atom. The van der Waals surface area contributed by atoms with Crippen LogP contribution in [0.3, 0.4) is 0 Å². The van der Waals surface area contributed by atoms with E-state index in [0.29, 0.717) is 5.69 Å². The second-order valence-corrected chi connectivity index (χ2v) is 4.48. The Morgan fingerprint density at radius 1 is 1.33 bits per heavy atom. The van der Waals surface area contributed by atoms with Gasteiger partial charge in [-0.25, -0.2) is 4.79 Å². The molecule has 0 saturated heterocycles. The summed E-state index contributed by atoms with van der Waals surface area (Å²) in [6.45, 7) is 0. The lowest BCUT2D eigenvalue weighted by Crippen LogP contribution is -2.13. The van der Waals surface area contributed by atoms with E-state index in [-0.39, 0.29) is 11.5 Å². The molecule has 2 aromatic rings. The number of rotatable bonds is 3. The highest BCUT2D eigenvalue weighted by atomic mass is 127. The summed E-state index contributed by atoms with van der Waals surface area (Å²) in [6, 6.07) is 8.27. The number of para-hydroxylation sites is 1. The summed E-state index contributed by atoms with van der Waals surface area (Å²) in [7, 11) is 0. The molecule has 18 heavy (non-hydrogen) atoms. The van der Waals surface area contributed by atoms with E-state index in [1.165, 1.54) is 0 Å². The number of aromatic nitrogens is 1. The van der Waals surface area contributed by atoms with Crippen LogP contribution < -0.4 is 5.32 Å². The lowest BCUT2D eigenvalue weighted by atomic mass is 10.3. The van der Waals surface area contributed by atoms with Crippen LogP contribution in [-0.2, 0) is 0 Å². The monoisotopic (exact) mass is 358 g/mol.